The average molecular weight is 334 g/mol. The van der Waals surface area contributed by atoms with E-state index in [0.29, 0.717) is 16.3 Å². The maximum absolute atomic E-state index is 12.5. The molecule has 0 aromatic heterocycles. The first-order chi connectivity index (χ1) is 10.7. The Kier molecular flexibility index (Phi) is 4.60. The molecule has 3 rings (SSSR count). The third kappa shape index (κ3) is 3.23. The number of methoxy groups -OCH3 is 1. The van der Waals surface area contributed by atoms with Gasteiger partial charge in [0.25, 0.3) is 5.91 Å². The van der Waals surface area contributed by atoms with E-state index in [0.717, 1.165) is 17.7 Å². The molecule has 22 heavy (non-hydrogen) atoms. The summed E-state index contributed by atoms with van der Waals surface area (Å²) < 4.78 is 5.17. The number of ether oxygens (including phenoxy) is 1. The van der Waals surface area contributed by atoms with Crippen molar-refractivity contribution >= 4 is 29.3 Å². The molecule has 0 saturated carbocycles. The first-order valence-electron chi connectivity index (χ1n) is 7.04. The molecule has 1 aliphatic heterocycles. The Labute approximate surface area is 139 Å². The number of nitrogens with one attached hydrogen (secondary N) is 1. The number of carbonyl (C=O) groups is 1. The lowest BCUT2D eigenvalue weighted by molar-refractivity contribution is 0.0934. The van der Waals surface area contributed by atoms with Crippen molar-refractivity contribution in [2.45, 2.75) is 17.4 Å². The molecule has 114 valence electrons. The zero-order chi connectivity index (χ0) is 15.5. The van der Waals surface area contributed by atoms with Gasteiger partial charge in [0.2, 0.25) is 0 Å². The molecule has 0 saturated heterocycles. The van der Waals surface area contributed by atoms with Crippen LogP contribution in [0.15, 0.2) is 47.4 Å². The van der Waals surface area contributed by atoms with Gasteiger partial charge in [-0.3, -0.25) is 4.79 Å². The highest BCUT2D eigenvalue weighted by Gasteiger charge is 2.23. The van der Waals surface area contributed by atoms with Crippen LogP contribution < -0.4 is 10.1 Å². The SMILES string of the molecule is COc1cccc(C(=O)NC2CCSc3ccc(Cl)cc32)c1. The van der Waals surface area contributed by atoms with Crippen LogP contribution in [0, 0.1) is 0 Å². The van der Waals surface area contributed by atoms with Crippen LogP contribution in [0.2, 0.25) is 5.02 Å². The van der Waals surface area contributed by atoms with Crippen molar-refractivity contribution in [3.8, 4) is 5.75 Å². The van der Waals surface area contributed by atoms with Crippen LogP contribution in [-0.2, 0) is 0 Å². The molecule has 3 nitrogen and oxygen atoms in total. The van der Waals surface area contributed by atoms with Crippen LogP contribution in [0.25, 0.3) is 0 Å². The minimum absolute atomic E-state index is 0.00588. The summed E-state index contributed by atoms with van der Waals surface area (Å²) in [5.74, 6) is 1.56. The Hall–Kier alpha value is -1.65. The number of benzene rings is 2. The van der Waals surface area contributed by atoms with Gasteiger partial charge >= 0.3 is 0 Å². The molecule has 0 radical (unpaired) electrons. The molecule has 0 aliphatic carbocycles. The van der Waals surface area contributed by atoms with Crippen LogP contribution >= 0.6 is 23.4 Å². The maximum Gasteiger partial charge on any atom is 0.251 e. The molecule has 1 atom stereocenters. The van der Waals surface area contributed by atoms with Crippen LogP contribution in [0.5, 0.6) is 5.75 Å². The Bertz CT molecular complexity index is 705. The van der Waals surface area contributed by atoms with E-state index >= 15 is 0 Å². The fourth-order valence-corrected chi connectivity index (χ4v) is 3.81. The zero-order valence-corrected chi connectivity index (χ0v) is 13.7. The van der Waals surface area contributed by atoms with Crippen LogP contribution in [0.4, 0.5) is 0 Å². The van der Waals surface area contributed by atoms with E-state index in [1.807, 2.05) is 30.3 Å². The number of hydrogen-bond donors (Lipinski definition) is 1. The summed E-state index contributed by atoms with van der Waals surface area (Å²) in [6.07, 6.45) is 0.897. The molecule has 0 fully saturated rings. The highest BCUT2D eigenvalue weighted by atomic mass is 35.5. The average Bonchev–Trinajstić information content (AvgIpc) is 2.55. The third-order valence-corrected chi connectivity index (χ3v) is 5.01. The van der Waals surface area contributed by atoms with Crippen LogP contribution in [0.1, 0.15) is 28.4 Å². The zero-order valence-electron chi connectivity index (χ0n) is 12.1. The van der Waals surface area contributed by atoms with Crippen molar-refractivity contribution in [1.29, 1.82) is 0 Å². The maximum atomic E-state index is 12.5. The number of rotatable bonds is 3. The number of fused-ring (bicyclic) bond motifs is 1. The van der Waals surface area contributed by atoms with Crippen LogP contribution in [-0.4, -0.2) is 18.8 Å². The summed E-state index contributed by atoms with van der Waals surface area (Å²) in [4.78, 5) is 13.7. The normalized spacial score (nSPS) is 16.7. The standard InChI is InChI=1S/C17H16ClNO2S/c1-21-13-4-2-3-11(9-13)17(20)19-15-7-8-22-16-6-5-12(18)10-14(15)16/h2-6,9-10,15H,7-8H2,1H3,(H,19,20). The second-order valence-corrected chi connectivity index (χ2v) is 6.65. The van der Waals surface area contributed by atoms with Gasteiger partial charge in [0.15, 0.2) is 0 Å². The van der Waals surface area contributed by atoms with E-state index < -0.39 is 0 Å². The van der Waals surface area contributed by atoms with Crippen molar-refractivity contribution in [1.82, 2.24) is 5.32 Å². The first-order valence-corrected chi connectivity index (χ1v) is 8.41. The molecule has 2 aromatic rings. The van der Waals surface area contributed by atoms with Gasteiger partial charge in [0, 0.05) is 21.2 Å². The molecule has 2 aromatic carbocycles. The molecule has 1 aliphatic rings. The fourth-order valence-electron chi connectivity index (χ4n) is 2.52. The number of hydrogen-bond acceptors (Lipinski definition) is 3. The smallest absolute Gasteiger partial charge is 0.251 e. The summed E-state index contributed by atoms with van der Waals surface area (Å²) in [5, 5.41) is 3.80. The Balaban J connectivity index is 1.82. The van der Waals surface area contributed by atoms with Gasteiger partial charge in [0.05, 0.1) is 13.2 Å². The lowest BCUT2D eigenvalue weighted by Crippen LogP contribution is -2.30. The van der Waals surface area contributed by atoms with Gasteiger partial charge in [0.1, 0.15) is 5.75 Å². The largest absolute Gasteiger partial charge is 0.497 e. The molecular formula is C17H16ClNO2S. The van der Waals surface area contributed by atoms with Crippen molar-refractivity contribution in [3.05, 3.63) is 58.6 Å². The predicted octanol–water partition coefficient (Wildman–Crippen LogP) is 4.32. The molecule has 1 unspecified atom stereocenters. The summed E-state index contributed by atoms with van der Waals surface area (Å²) in [6.45, 7) is 0. The van der Waals surface area contributed by atoms with Crippen molar-refractivity contribution < 1.29 is 9.53 Å². The lowest BCUT2D eigenvalue weighted by atomic mass is 10.0. The number of amides is 1. The second-order valence-electron chi connectivity index (χ2n) is 5.08. The summed E-state index contributed by atoms with van der Waals surface area (Å²) in [5.41, 5.74) is 1.70. The topological polar surface area (TPSA) is 38.3 Å². The quantitative estimate of drug-likeness (QED) is 0.909. The van der Waals surface area contributed by atoms with Gasteiger partial charge in [-0.1, -0.05) is 17.7 Å². The van der Waals surface area contributed by atoms with E-state index in [-0.39, 0.29) is 11.9 Å². The Morgan fingerprint density at radius 2 is 2.18 bits per heavy atom. The van der Waals surface area contributed by atoms with Crippen molar-refractivity contribution in [2.75, 3.05) is 12.9 Å². The highest BCUT2D eigenvalue weighted by Crippen LogP contribution is 2.37. The van der Waals surface area contributed by atoms with E-state index in [1.54, 1.807) is 31.0 Å². The molecule has 0 bridgehead atoms. The number of halogens is 1. The highest BCUT2D eigenvalue weighted by molar-refractivity contribution is 7.99. The first kappa shape index (κ1) is 15.3. The van der Waals surface area contributed by atoms with Crippen molar-refractivity contribution in [2.24, 2.45) is 0 Å². The predicted molar refractivity (Wildman–Crippen MR) is 90.0 cm³/mol. The minimum atomic E-state index is -0.0956. The van der Waals surface area contributed by atoms with E-state index in [4.69, 9.17) is 16.3 Å². The van der Waals surface area contributed by atoms with Gasteiger partial charge in [-0.2, -0.15) is 0 Å². The van der Waals surface area contributed by atoms with Gasteiger partial charge < -0.3 is 10.1 Å². The number of carbonyl (C=O) groups excluding carboxylic acids is 1. The van der Waals surface area contributed by atoms with Crippen LogP contribution in [0.3, 0.4) is 0 Å². The molecule has 5 heteroatoms. The van der Waals surface area contributed by atoms with E-state index in [9.17, 15) is 4.79 Å². The monoisotopic (exact) mass is 333 g/mol. The lowest BCUT2D eigenvalue weighted by Gasteiger charge is -2.26. The molecule has 1 heterocycles. The summed E-state index contributed by atoms with van der Waals surface area (Å²) in [7, 11) is 1.59. The molecule has 1 N–H and O–H groups in total. The molecule has 0 spiro atoms. The summed E-state index contributed by atoms with van der Waals surface area (Å²) >= 11 is 7.90. The van der Waals surface area contributed by atoms with Gasteiger partial charge in [-0.15, -0.1) is 11.8 Å². The Morgan fingerprint density at radius 3 is 3.00 bits per heavy atom. The van der Waals surface area contributed by atoms with E-state index in [2.05, 4.69) is 5.32 Å². The summed E-state index contributed by atoms with van der Waals surface area (Å²) in [6, 6.07) is 13.0. The van der Waals surface area contributed by atoms with E-state index in [1.165, 1.54) is 4.90 Å². The van der Waals surface area contributed by atoms with Gasteiger partial charge in [-0.05, 0) is 48.4 Å². The number of thioether (sulfide) groups is 1. The fraction of sp³-hybridized carbons (Fsp3) is 0.235. The molecule has 1 amide bonds. The Morgan fingerprint density at radius 1 is 1.32 bits per heavy atom. The molecular weight excluding hydrogens is 318 g/mol. The third-order valence-electron chi connectivity index (χ3n) is 3.65. The second kappa shape index (κ2) is 6.63. The minimum Gasteiger partial charge on any atom is -0.497 e. The van der Waals surface area contributed by atoms with Gasteiger partial charge in [-0.25, -0.2) is 0 Å². The van der Waals surface area contributed by atoms with Crippen molar-refractivity contribution in [3.63, 3.8) is 0 Å².